The number of fused-ring (bicyclic) bond motifs is 1. The van der Waals surface area contributed by atoms with Crippen LogP contribution in [0.3, 0.4) is 0 Å². The maximum absolute atomic E-state index is 12.2. The van der Waals surface area contributed by atoms with Gasteiger partial charge in [0.2, 0.25) is 11.8 Å². The molecule has 0 saturated carbocycles. The molecule has 1 N–H and O–H groups in total. The van der Waals surface area contributed by atoms with Crippen LogP contribution in [0.2, 0.25) is 5.02 Å². The highest BCUT2D eigenvalue weighted by Crippen LogP contribution is 2.26. The topological polar surface area (TPSA) is 80.9 Å². The molecule has 0 atom stereocenters. The lowest BCUT2D eigenvalue weighted by Crippen LogP contribution is -2.13. The molecular formula is C18H13ClN4O2S2. The van der Waals surface area contributed by atoms with Crippen molar-refractivity contribution in [1.29, 1.82) is 0 Å². The van der Waals surface area contributed by atoms with Crippen molar-refractivity contribution < 1.29 is 9.21 Å². The third-order valence-electron chi connectivity index (χ3n) is 3.60. The summed E-state index contributed by atoms with van der Waals surface area (Å²) in [6, 6.07) is 12.8. The number of anilines is 1. The number of hydrogen-bond donors (Lipinski definition) is 1. The lowest BCUT2D eigenvalue weighted by atomic mass is 10.2. The molecular weight excluding hydrogens is 404 g/mol. The normalized spacial score (nSPS) is 11.0. The van der Waals surface area contributed by atoms with Gasteiger partial charge in [-0.05, 0) is 49.4 Å². The van der Waals surface area contributed by atoms with Gasteiger partial charge in [-0.25, -0.2) is 4.98 Å². The Balaban J connectivity index is 1.36. The second kappa shape index (κ2) is 7.67. The van der Waals surface area contributed by atoms with Crippen LogP contribution in [-0.2, 0) is 4.79 Å². The lowest BCUT2D eigenvalue weighted by molar-refractivity contribution is -0.113. The van der Waals surface area contributed by atoms with Gasteiger partial charge in [-0.15, -0.1) is 21.5 Å². The third-order valence-corrected chi connectivity index (χ3v) is 5.61. The van der Waals surface area contributed by atoms with Crippen molar-refractivity contribution in [3.05, 3.63) is 52.5 Å². The van der Waals surface area contributed by atoms with E-state index in [0.717, 1.165) is 26.5 Å². The van der Waals surface area contributed by atoms with E-state index in [9.17, 15) is 4.79 Å². The molecule has 0 unspecified atom stereocenters. The Morgan fingerprint density at radius 3 is 2.85 bits per heavy atom. The van der Waals surface area contributed by atoms with E-state index in [0.29, 0.717) is 16.1 Å². The first-order chi connectivity index (χ1) is 13.1. The number of aromatic nitrogens is 3. The van der Waals surface area contributed by atoms with Gasteiger partial charge in [0.05, 0.1) is 21.0 Å². The fourth-order valence-electron chi connectivity index (χ4n) is 2.42. The van der Waals surface area contributed by atoms with Gasteiger partial charge in [-0.3, -0.25) is 4.79 Å². The van der Waals surface area contributed by atoms with E-state index in [1.165, 1.54) is 11.8 Å². The van der Waals surface area contributed by atoms with Gasteiger partial charge in [-0.1, -0.05) is 23.4 Å². The zero-order valence-corrected chi connectivity index (χ0v) is 16.5. The maximum Gasteiger partial charge on any atom is 0.277 e. The van der Waals surface area contributed by atoms with Crippen molar-refractivity contribution in [2.75, 3.05) is 11.1 Å². The van der Waals surface area contributed by atoms with Crippen LogP contribution in [0.4, 0.5) is 5.69 Å². The Labute approximate surface area is 168 Å². The highest BCUT2D eigenvalue weighted by Gasteiger charge is 2.12. The van der Waals surface area contributed by atoms with Gasteiger partial charge >= 0.3 is 0 Å². The van der Waals surface area contributed by atoms with Crippen LogP contribution in [0.25, 0.3) is 21.7 Å². The van der Waals surface area contributed by atoms with Crippen LogP contribution in [-0.4, -0.2) is 26.8 Å². The molecule has 9 heteroatoms. The molecule has 0 bridgehead atoms. The highest BCUT2D eigenvalue weighted by molar-refractivity contribution is 7.99. The Morgan fingerprint density at radius 2 is 2.04 bits per heavy atom. The Bertz CT molecular complexity index is 1110. The molecule has 0 aliphatic heterocycles. The number of amides is 1. The average molecular weight is 417 g/mol. The van der Waals surface area contributed by atoms with Gasteiger partial charge in [0.1, 0.15) is 0 Å². The van der Waals surface area contributed by atoms with Gasteiger partial charge in [-0.2, -0.15) is 0 Å². The molecule has 0 radical (unpaired) electrons. The summed E-state index contributed by atoms with van der Waals surface area (Å²) in [7, 11) is 0. The number of aryl methyl sites for hydroxylation is 1. The summed E-state index contributed by atoms with van der Waals surface area (Å²) >= 11 is 8.65. The Kier molecular flexibility index (Phi) is 5.11. The molecule has 136 valence electrons. The quantitative estimate of drug-likeness (QED) is 0.459. The molecule has 0 fully saturated rings. The molecule has 4 aromatic rings. The van der Waals surface area contributed by atoms with Crippen molar-refractivity contribution in [3.8, 4) is 11.5 Å². The van der Waals surface area contributed by atoms with E-state index in [1.807, 2.05) is 25.1 Å². The smallest absolute Gasteiger partial charge is 0.277 e. The predicted molar refractivity (Wildman–Crippen MR) is 108 cm³/mol. The van der Waals surface area contributed by atoms with Crippen molar-refractivity contribution in [3.63, 3.8) is 0 Å². The van der Waals surface area contributed by atoms with Gasteiger partial charge in [0.25, 0.3) is 5.22 Å². The van der Waals surface area contributed by atoms with Crippen molar-refractivity contribution in [2.45, 2.75) is 12.1 Å². The summed E-state index contributed by atoms with van der Waals surface area (Å²) in [5.74, 6) is 0.412. The summed E-state index contributed by atoms with van der Waals surface area (Å²) < 4.78 is 6.63. The fraction of sp³-hybridized carbons (Fsp3) is 0.111. The summed E-state index contributed by atoms with van der Waals surface area (Å²) in [6.07, 6.45) is 0. The molecule has 0 aliphatic carbocycles. The van der Waals surface area contributed by atoms with Crippen molar-refractivity contribution >= 4 is 56.5 Å². The summed E-state index contributed by atoms with van der Waals surface area (Å²) in [4.78, 5) is 16.6. The first-order valence-corrected chi connectivity index (χ1v) is 10.1. The molecule has 0 spiro atoms. The first-order valence-electron chi connectivity index (χ1n) is 7.96. The van der Waals surface area contributed by atoms with Gasteiger partial charge in [0.15, 0.2) is 0 Å². The molecule has 1 amide bonds. The van der Waals surface area contributed by atoms with E-state index in [-0.39, 0.29) is 11.7 Å². The minimum Gasteiger partial charge on any atom is -0.411 e. The first kappa shape index (κ1) is 18.0. The molecule has 4 rings (SSSR count). The average Bonchev–Trinajstić information content (AvgIpc) is 3.26. The molecule has 0 saturated heterocycles. The summed E-state index contributed by atoms with van der Waals surface area (Å²) in [6.45, 7) is 1.96. The molecule has 6 nitrogen and oxygen atoms in total. The van der Waals surface area contributed by atoms with E-state index >= 15 is 0 Å². The molecule has 0 aliphatic rings. The SMILES string of the molecule is Cc1nc2ccc(NC(=O)CSc3nnc(-c4ccc(Cl)cc4)o3)cc2s1. The standard InChI is InChI=1S/C18H13ClN4O2S2/c1-10-20-14-7-6-13(8-15(14)27-10)21-16(24)9-26-18-23-22-17(25-18)11-2-4-12(19)5-3-11/h2-8H,9H2,1H3,(H,21,24). The minimum absolute atomic E-state index is 0.146. The minimum atomic E-state index is -0.146. The summed E-state index contributed by atoms with van der Waals surface area (Å²) in [5, 5.41) is 12.8. The van der Waals surface area contributed by atoms with E-state index in [1.54, 1.807) is 35.6 Å². The zero-order chi connectivity index (χ0) is 18.8. The fourth-order valence-corrected chi connectivity index (χ4v) is 3.97. The molecule has 27 heavy (non-hydrogen) atoms. The summed E-state index contributed by atoms with van der Waals surface area (Å²) in [5.41, 5.74) is 2.45. The number of carbonyl (C=O) groups is 1. The second-order valence-corrected chi connectivity index (χ2v) is 8.23. The number of nitrogens with one attached hydrogen (secondary N) is 1. The van der Waals surface area contributed by atoms with E-state index in [4.69, 9.17) is 16.0 Å². The number of thiazole rings is 1. The number of halogens is 1. The monoisotopic (exact) mass is 416 g/mol. The number of hydrogen-bond acceptors (Lipinski definition) is 7. The van der Waals surface area contributed by atoms with Crippen LogP contribution >= 0.6 is 34.7 Å². The highest BCUT2D eigenvalue weighted by atomic mass is 35.5. The number of benzene rings is 2. The second-order valence-electron chi connectivity index (χ2n) is 5.63. The van der Waals surface area contributed by atoms with Crippen LogP contribution in [0.1, 0.15) is 5.01 Å². The molecule has 2 aromatic heterocycles. The lowest BCUT2D eigenvalue weighted by Gasteiger charge is -2.03. The number of nitrogens with zero attached hydrogens (tertiary/aromatic N) is 3. The predicted octanol–water partition coefficient (Wildman–Crippen LogP) is 5.04. The van der Waals surface area contributed by atoms with Crippen LogP contribution in [0, 0.1) is 6.92 Å². The number of thioether (sulfide) groups is 1. The maximum atomic E-state index is 12.2. The number of carbonyl (C=O) groups excluding carboxylic acids is 1. The Hall–Kier alpha value is -2.42. The van der Waals surface area contributed by atoms with E-state index in [2.05, 4.69) is 20.5 Å². The van der Waals surface area contributed by atoms with Crippen LogP contribution in [0.5, 0.6) is 0 Å². The van der Waals surface area contributed by atoms with E-state index < -0.39 is 0 Å². The third kappa shape index (κ3) is 4.29. The van der Waals surface area contributed by atoms with Gasteiger partial charge < -0.3 is 9.73 Å². The van der Waals surface area contributed by atoms with Crippen LogP contribution < -0.4 is 5.32 Å². The molecule has 2 heterocycles. The largest absolute Gasteiger partial charge is 0.411 e. The zero-order valence-electron chi connectivity index (χ0n) is 14.1. The van der Waals surface area contributed by atoms with Crippen molar-refractivity contribution in [2.24, 2.45) is 0 Å². The van der Waals surface area contributed by atoms with Crippen LogP contribution in [0.15, 0.2) is 52.1 Å². The van der Waals surface area contributed by atoms with Crippen molar-refractivity contribution in [1.82, 2.24) is 15.2 Å². The Morgan fingerprint density at radius 1 is 1.22 bits per heavy atom. The molecule has 2 aromatic carbocycles. The number of rotatable bonds is 5. The van der Waals surface area contributed by atoms with Gasteiger partial charge in [0, 0.05) is 16.3 Å².